The van der Waals surface area contributed by atoms with Gasteiger partial charge in [-0.25, -0.2) is 0 Å². The van der Waals surface area contributed by atoms with E-state index in [1.165, 1.54) is 25.7 Å². The Hall–Kier alpha value is -2.23. The van der Waals surface area contributed by atoms with Crippen molar-refractivity contribution in [3.8, 4) is 11.5 Å². The van der Waals surface area contributed by atoms with Crippen LogP contribution in [0.15, 0.2) is 37.1 Å². The molecule has 0 radical (unpaired) electrons. The highest BCUT2D eigenvalue weighted by Crippen LogP contribution is 2.40. The number of ether oxygens (including phenoxy) is 1. The number of phenolic OH excluding ortho intramolecular Hbond substituents is 1. The Morgan fingerprint density at radius 3 is 3.08 bits per heavy atom. The van der Waals surface area contributed by atoms with Gasteiger partial charge in [0, 0.05) is 11.9 Å². The number of nitrogens with zero attached hydrogens (tertiary/aromatic N) is 2. The van der Waals surface area contributed by atoms with E-state index in [0.29, 0.717) is 18.4 Å². The van der Waals surface area contributed by atoms with E-state index in [1.807, 2.05) is 12.3 Å². The molecule has 2 aromatic rings. The van der Waals surface area contributed by atoms with Crippen LogP contribution >= 0.6 is 0 Å². The van der Waals surface area contributed by atoms with Crippen LogP contribution in [-0.4, -0.2) is 29.8 Å². The first-order valence-electron chi connectivity index (χ1n) is 8.88. The maximum atomic E-state index is 9.92. The number of rotatable bonds is 3. The third-order valence-corrected chi connectivity index (χ3v) is 5.45. The molecule has 0 bridgehead atoms. The van der Waals surface area contributed by atoms with E-state index < -0.39 is 0 Å². The molecule has 1 aliphatic heterocycles. The molecule has 2 atom stereocenters. The molecule has 1 aromatic heterocycles. The zero-order valence-corrected chi connectivity index (χ0v) is 13.9. The number of benzene rings is 1. The molecule has 2 heterocycles. The second-order valence-corrected chi connectivity index (χ2v) is 6.91. The van der Waals surface area contributed by atoms with E-state index in [4.69, 9.17) is 4.74 Å². The number of hydrogen-bond acceptors (Lipinski definition) is 4. The van der Waals surface area contributed by atoms with Crippen molar-refractivity contribution in [2.45, 2.75) is 25.7 Å². The predicted molar refractivity (Wildman–Crippen MR) is 96.8 cm³/mol. The summed E-state index contributed by atoms with van der Waals surface area (Å²) in [7, 11) is 0. The lowest BCUT2D eigenvalue weighted by Crippen LogP contribution is -2.39. The fourth-order valence-corrected chi connectivity index (χ4v) is 4.20. The summed E-state index contributed by atoms with van der Waals surface area (Å²) in [6, 6.07) is 5.35. The number of fused-ring (bicyclic) bond motifs is 3. The van der Waals surface area contributed by atoms with Gasteiger partial charge in [-0.1, -0.05) is 18.9 Å². The van der Waals surface area contributed by atoms with Gasteiger partial charge in [0.1, 0.15) is 12.4 Å². The normalized spacial score (nSPS) is 23.6. The van der Waals surface area contributed by atoms with Crippen LogP contribution in [0.1, 0.15) is 25.7 Å². The van der Waals surface area contributed by atoms with E-state index >= 15 is 0 Å². The van der Waals surface area contributed by atoms with Crippen molar-refractivity contribution < 1.29 is 9.84 Å². The van der Waals surface area contributed by atoms with Gasteiger partial charge in [0.15, 0.2) is 5.75 Å². The zero-order valence-electron chi connectivity index (χ0n) is 13.9. The van der Waals surface area contributed by atoms with Gasteiger partial charge in [-0.15, -0.1) is 6.58 Å². The number of aromatic hydroxyl groups is 1. The smallest absolute Gasteiger partial charge is 0.161 e. The Bertz CT molecular complexity index is 759. The number of aromatic nitrogens is 1. The molecule has 1 N–H and O–H groups in total. The molecule has 24 heavy (non-hydrogen) atoms. The standard InChI is InChI=1S/C20H24N2O2/c1-2-14-5-3-4-6-15(14)13-22-9-10-24-19-12-21-18-8-7-16(23)11-17(18)20(19)22/h2,7-8,11-12,14-15,23H,1,3-6,9-10,13H2/t14-,15-/m1/s1. The van der Waals surface area contributed by atoms with Gasteiger partial charge in [-0.3, -0.25) is 4.98 Å². The fourth-order valence-electron chi connectivity index (χ4n) is 4.20. The largest absolute Gasteiger partial charge is 0.508 e. The molecule has 0 spiro atoms. The zero-order chi connectivity index (χ0) is 16.5. The van der Waals surface area contributed by atoms with Gasteiger partial charge >= 0.3 is 0 Å². The molecule has 1 fully saturated rings. The summed E-state index contributed by atoms with van der Waals surface area (Å²) in [6.07, 6.45) is 9.09. The Kier molecular flexibility index (Phi) is 4.05. The van der Waals surface area contributed by atoms with Gasteiger partial charge < -0.3 is 14.7 Å². The Morgan fingerprint density at radius 1 is 1.33 bits per heavy atom. The van der Waals surface area contributed by atoms with E-state index in [-0.39, 0.29) is 5.75 Å². The second-order valence-electron chi connectivity index (χ2n) is 6.91. The van der Waals surface area contributed by atoms with Crippen LogP contribution in [0.3, 0.4) is 0 Å². The van der Waals surface area contributed by atoms with Gasteiger partial charge in [0.2, 0.25) is 0 Å². The molecule has 1 aromatic carbocycles. The molecule has 0 unspecified atom stereocenters. The molecule has 1 aliphatic carbocycles. The molecular weight excluding hydrogens is 300 g/mol. The van der Waals surface area contributed by atoms with Crippen LogP contribution in [0.5, 0.6) is 11.5 Å². The van der Waals surface area contributed by atoms with Crippen LogP contribution in [0.2, 0.25) is 0 Å². The highest BCUT2D eigenvalue weighted by atomic mass is 16.5. The average Bonchev–Trinajstić information content (AvgIpc) is 2.62. The Labute approximate surface area is 142 Å². The molecule has 4 rings (SSSR count). The lowest BCUT2D eigenvalue weighted by Gasteiger charge is -2.38. The van der Waals surface area contributed by atoms with Gasteiger partial charge in [0.25, 0.3) is 0 Å². The summed E-state index contributed by atoms with van der Waals surface area (Å²) >= 11 is 0. The summed E-state index contributed by atoms with van der Waals surface area (Å²) < 4.78 is 5.84. The molecule has 4 heteroatoms. The summed E-state index contributed by atoms with van der Waals surface area (Å²) in [4.78, 5) is 6.89. The van der Waals surface area contributed by atoms with Crippen LogP contribution in [0, 0.1) is 11.8 Å². The quantitative estimate of drug-likeness (QED) is 0.862. The summed E-state index contributed by atoms with van der Waals surface area (Å²) in [5, 5.41) is 10.9. The number of hydrogen-bond donors (Lipinski definition) is 1. The molecule has 0 saturated heterocycles. The highest BCUT2D eigenvalue weighted by Gasteiger charge is 2.28. The van der Waals surface area contributed by atoms with Crippen molar-refractivity contribution in [2.75, 3.05) is 24.6 Å². The van der Waals surface area contributed by atoms with E-state index in [0.717, 1.165) is 35.4 Å². The van der Waals surface area contributed by atoms with E-state index in [1.54, 1.807) is 12.1 Å². The molecule has 0 amide bonds. The second kappa shape index (κ2) is 6.34. The van der Waals surface area contributed by atoms with Crippen molar-refractivity contribution in [3.63, 3.8) is 0 Å². The summed E-state index contributed by atoms with van der Waals surface area (Å²) in [6.45, 7) is 6.63. The predicted octanol–water partition coefficient (Wildman–Crippen LogP) is 4.13. The first-order valence-corrected chi connectivity index (χ1v) is 8.88. The lowest BCUT2D eigenvalue weighted by atomic mass is 9.79. The van der Waals surface area contributed by atoms with Gasteiger partial charge in [-0.05, 0) is 42.9 Å². The minimum atomic E-state index is 0.268. The van der Waals surface area contributed by atoms with Crippen LogP contribution in [0.25, 0.3) is 10.9 Å². The monoisotopic (exact) mass is 324 g/mol. The Balaban J connectivity index is 1.72. The Morgan fingerprint density at radius 2 is 2.21 bits per heavy atom. The minimum absolute atomic E-state index is 0.268. The highest BCUT2D eigenvalue weighted by molar-refractivity contribution is 5.96. The summed E-state index contributed by atoms with van der Waals surface area (Å²) in [5.41, 5.74) is 1.97. The third-order valence-electron chi connectivity index (χ3n) is 5.45. The van der Waals surface area contributed by atoms with Gasteiger partial charge in [0.05, 0.1) is 23.9 Å². The third kappa shape index (κ3) is 2.70. The number of allylic oxidation sites excluding steroid dienone is 1. The summed E-state index contributed by atoms with van der Waals surface area (Å²) in [5.74, 6) is 2.34. The number of phenols is 1. The lowest BCUT2D eigenvalue weighted by molar-refractivity contribution is 0.265. The van der Waals surface area contributed by atoms with Crippen LogP contribution in [-0.2, 0) is 0 Å². The van der Waals surface area contributed by atoms with Crippen LogP contribution < -0.4 is 9.64 Å². The first kappa shape index (κ1) is 15.3. The number of anilines is 1. The van der Waals surface area contributed by atoms with Crippen molar-refractivity contribution in [2.24, 2.45) is 11.8 Å². The number of pyridine rings is 1. The van der Waals surface area contributed by atoms with Crippen molar-refractivity contribution >= 4 is 16.6 Å². The maximum absolute atomic E-state index is 9.92. The van der Waals surface area contributed by atoms with Crippen molar-refractivity contribution in [1.29, 1.82) is 0 Å². The molecule has 4 nitrogen and oxygen atoms in total. The molecule has 126 valence electrons. The van der Waals surface area contributed by atoms with E-state index in [2.05, 4.69) is 22.5 Å². The maximum Gasteiger partial charge on any atom is 0.161 e. The molecular formula is C20H24N2O2. The van der Waals surface area contributed by atoms with Gasteiger partial charge in [-0.2, -0.15) is 0 Å². The van der Waals surface area contributed by atoms with Crippen molar-refractivity contribution in [3.05, 3.63) is 37.1 Å². The topological polar surface area (TPSA) is 45.6 Å². The minimum Gasteiger partial charge on any atom is -0.508 e. The fraction of sp³-hybridized carbons (Fsp3) is 0.450. The SMILES string of the molecule is C=C[C@@H]1CCCC[C@@H]1CN1CCOc2cnc3ccc(O)cc3c21. The van der Waals surface area contributed by atoms with E-state index in [9.17, 15) is 5.11 Å². The van der Waals surface area contributed by atoms with Crippen molar-refractivity contribution in [1.82, 2.24) is 4.98 Å². The van der Waals surface area contributed by atoms with Crippen LogP contribution in [0.4, 0.5) is 5.69 Å². The first-order chi connectivity index (χ1) is 11.8. The molecule has 2 aliphatic rings. The molecule has 1 saturated carbocycles. The average molecular weight is 324 g/mol.